The van der Waals surface area contributed by atoms with Crippen LogP contribution in [0.4, 0.5) is 5.69 Å². The van der Waals surface area contributed by atoms with Crippen LogP contribution in [0.15, 0.2) is 54.6 Å². The average Bonchev–Trinajstić information content (AvgIpc) is 3.53. The molecule has 1 saturated carbocycles. The van der Waals surface area contributed by atoms with Crippen molar-refractivity contribution in [2.75, 3.05) is 11.9 Å². The van der Waals surface area contributed by atoms with E-state index in [0.717, 1.165) is 18.4 Å². The van der Waals surface area contributed by atoms with E-state index in [9.17, 15) is 14.4 Å². The monoisotopic (exact) mass is 380 g/mol. The Morgan fingerprint density at radius 3 is 2.46 bits per heavy atom. The highest BCUT2D eigenvalue weighted by molar-refractivity contribution is 5.98. The van der Waals surface area contributed by atoms with Crippen LogP contribution in [0.25, 0.3) is 0 Å². The molecule has 0 spiro atoms. The van der Waals surface area contributed by atoms with Gasteiger partial charge in [-0.2, -0.15) is 0 Å². The topological polar surface area (TPSA) is 86.7 Å². The zero-order chi connectivity index (χ0) is 19.9. The first-order valence-corrected chi connectivity index (χ1v) is 9.49. The van der Waals surface area contributed by atoms with Gasteiger partial charge in [0.15, 0.2) is 0 Å². The van der Waals surface area contributed by atoms with Crippen LogP contribution in [0.2, 0.25) is 0 Å². The highest BCUT2D eigenvalue weighted by atomic mass is 16.4. The number of carbonyl (C=O) groups is 3. The van der Waals surface area contributed by atoms with E-state index in [0.29, 0.717) is 30.8 Å². The average molecular weight is 380 g/mol. The Labute approximate surface area is 164 Å². The second-order valence-electron chi connectivity index (χ2n) is 7.05. The summed E-state index contributed by atoms with van der Waals surface area (Å²) >= 11 is 0. The number of amides is 2. The van der Waals surface area contributed by atoms with Gasteiger partial charge in [-0.1, -0.05) is 36.4 Å². The van der Waals surface area contributed by atoms with Gasteiger partial charge in [0.05, 0.1) is 0 Å². The smallest absolute Gasteiger partial charge is 0.303 e. The molecule has 6 heteroatoms. The quantitative estimate of drug-likeness (QED) is 0.697. The van der Waals surface area contributed by atoms with Gasteiger partial charge in [-0.3, -0.25) is 14.4 Å². The molecule has 1 aliphatic carbocycles. The number of hydrogen-bond donors (Lipinski definition) is 2. The number of nitrogens with one attached hydrogen (secondary N) is 1. The standard InChI is InChI=1S/C22H24N2O4/c25-20(26)10-5-13-24(15-16-6-2-1-3-7-16)22(28)18-8-4-9-19(14-18)23-21(27)17-11-12-17/h1-4,6-9,14,17H,5,10-13,15H2,(H,23,27)(H,25,26). The minimum absolute atomic E-state index is 0.00722. The van der Waals surface area contributed by atoms with Gasteiger partial charge in [0.1, 0.15) is 0 Å². The van der Waals surface area contributed by atoms with Gasteiger partial charge in [0, 0.05) is 36.7 Å². The van der Waals surface area contributed by atoms with Crippen LogP contribution in [-0.2, 0) is 16.1 Å². The van der Waals surface area contributed by atoms with E-state index in [1.165, 1.54) is 0 Å². The fourth-order valence-corrected chi connectivity index (χ4v) is 2.98. The summed E-state index contributed by atoms with van der Waals surface area (Å²) in [5.41, 5.74) is 2.05. The maximum Gasteiger partial charge on any atom is 0.303 e. The Morgan fingerprint density at radius 1 is 1.04 bits per heavy atom. The predicted molar refractivity (Wildman–Crippen MR) is 106 cm³/mol. The highest BCUT2D eigenvalue weighted by Crippen LogP contribution is 2.30. The molecule has 28 heavy (non-hydrogen) atoms. The maximum atomic E-state index is 13.1. The first-order chi connectivity index (χ1) is 13.5. The van der Waals surface area contributed by atoms with Gasteiger partial charge in [-0.25, -0.2) is 0 Å². The Morgan fingerprint density at radius 2 is 1.79 bits per heavy atom. The molecule has 0 aliphatic heterocycles. The molecule has 146 valence electrons. The van der Waals surface area contributed by atoms with Crippen LogP contribution in [0, 0.1) is 5.92 Å². The molecule has 2 amide bonds. The number of carboxylic acids is 1. The number of benzene rings is 2. The van der Waals surface area contributed by atoms with Gasteiger partial charge < -0.3 is 15.3 Å². The summed E-state index contributed by atoms with van der Waals surface area (Å²) in [5, 5.41) is 11.8. The molecule has 0 aromatic heterocycles. The van der Waals surface area contributed by atoms with E-state index in [1.807, 2.05) is 30.3 Å². The van der Waals surface area contributed by atoms with Crippen LogP contribution in [-0.4, -0.2) is 34.3 Å². The van der Waals surface area contributed by atoms with Crippen LogP contribution in [0.1, 0.15) is 41.6 Å². The molecular weight excluding hydrogens is 356 g/mol. The Bertz CT molecular complexity index is 847. The summed E-state index contributed by atoms with van der Waals surface area (Å²) in [6, 6.07) is 16.5. The summed E-state index contributed by atoms with van der Waals surface area (Å²) in [4.78, 5) is 37.5. The lowest BCUT2D eigenvalue weighted by Gasteiger charge is -2.23. The van der Waals surface area contributed by atoms with Crippen molar-refractivity contribution in [3.63, 3.8) is 0 Å². The molecule has 2 aromatic rings. The van der Waals surface area contributed by atoms with Crippen LogP contribution in [0.5, 0.6) is 0 Å². The molecule has 1 aliphatic rings. The van der Waals surface area contributed by atoms with Gasteiger partial charge in [-0.05, 0) is 43.0 Å². The van der Waals surface area contributed by atoms with E-state index in [1.54, 1.807) is 29.2 Å². The van der Waals surface area contributed by atoms with E-state index in [2.05, 4.69) is 5.32 Å². The largest absolute Gasteiger partial charge is 0.481 e. The molecule has 6 nitrogen and oxygen atoms in total. The number of nitrogens with zero attached hydrogens (tertiary/aromatic N) is 1. The second-order valence-corrected chi connectivity index (χ2v) is 7.05. The number of carboxylic acid groups (broad SMARTS) is 1. The number of hydrogen-bond acceptors (Lipinski definition) is 3. The van der Waals surface area contributed by atoms with Crippen molar-refractivity contribution in [2.24, 2.45) is 5.92 Å². The minimum atomic E-state index is -0.878. The van der Waals surface area contributed by atoms with Crippen LogP contribution >= 0.6 is 0 Å². The summed E-state index contributed by atoms with van der Waals surface area (Å²) < 4.78 is 0. The fraction of sp³-hybridized carbons (Fsp3) is 0.318. The third kappa shape index (κ3) is 5.67. The van der Waals surface area contributed by atoms with Gasteiger partial charge >= 0.3 is 5.97 Å². The fourth-order valence-electron chi connectivity index (χ4n) is 2.98. The lowest BCUT2D eigenvalue weighted by molar-refractivity contribution is -0.137. The number of aliphatic carboxylic acids is 1. The molecule has 0 heterocycles. The zero-order valence-corrected chi connectivity index (χ0v) is 15.6. The van der Waals surface area contributed by atoms with E-state index >= 15 is 0 Å². The van der Waals surface area contributed by atoms with Crippen molar-refractivity contribution in [1.82, 2.24) is 4.90 Å². The molecule has 3 rings (SSSR count). The minimum Gasteiger partial charge on any atom is -0.481 e. The molecular formula is C22H24N2O4. The third-order valence-corrected chi connectivity index (χ3v) is 4.65. The molecule has 2 N–H and O–H groups in total. The molecule has 0 saturated heterocycles. The normalized spacial score (nSPS) is 13.0. The Hall–Kier alpha value is -3.15. The number of anilines is 1. The molecule has 0 radical (unpaired) electrons. The molecule has 1 fully saturated rings. The molecule has 0 atom stereocenters. The summed E-state index contributed by atoms with van der Waals surface area (Å²) in [6.07, 6.45) is 2.22. The summed E-state index contributed by atoms with van der Waals surface area (Å²) in [7, 11) is 0. The SMILES string of the molecule is O=C(O)CCCN(Cc1ccccc1)C(=O)c1cccc(NC(=O)C2CC2)c1. The third-order valence-electron chi connectivity index (χ3n) is 4.65. The predicted octanol–water partition coefficient (Wildman–Crippen LogP) is 3.54. The van der Waals surface area contributed by atoms with Crippen molar-refractivity contribution < 1.29 is 19.5 Å². The van der Waals surface area contributed by atoms with Gasteiger partial charge in [-0.15, -0.1) is 0 Å². The van der Waals surface area contributed by atoms with Gasteiger partial charge in [0.2, 0.25) is 5.91 Å². The van der Waals surface area contributed by atoms with Gasteiger partial charge in [0.25, 0.3) is 5.91 Å². The van der Waals surface area contributed by atoms with E-state index < -0.39 is 5.97 Å². The molecule has 0 unspecified atom stereocenters. The first kappa shape index (κ1) is 19.6. The van der Waals surface area contributed by atoms with Crippen LogP contribution in [0.3, 0.4) is 0 Å². The Balaban J connectivity index is 1.73. The Kier molecular flexibility index (Phi) is 6.42. The van der Waals surface area contributed by atoms with Crippen molar-refractivity contribution in [3.05, 3.63) is 65.7 Å². The lowest BCUT2D eigenvalue weighted by Crippen LogP contribution is -2.32. The first-order valence-electron chi connectivity index (χ1n) is 9.49. The van der Waals surface area contributed by atoms with Crippen molar-refractivity contribution in [3.8, 4) is 0 Å². The van der Waals surface area contributed by atoms with Crippen molar-refractivity contribution >= 4 is 23.5 Å². The zero-order valence-electron chi connectivity index (χ0n) is 15.6. The van der Waals surface area contributed by atoms with E-state index in [-0.39, 0.29) is 24.2 Å². The van der Waals surface area contributed by atoms with Crippen molar-refractivity contribution in [1.29, 1.82) is 0 Å². The van der Waals surface area contributed by atoms with Crippen molar-refractivity contribution in [2.45, 2.75) is 32.2 Å². The molecule has 0 bridgehead atoms. The highest BCUT2D eigenvalue weighted by Gasteiger charge is 2.29. The summed E-state index contributed by atoms with van der Waals surface area (Å²) in [6.45, 7) is 0.747. The maximum absolute atomic E-state index is 13.1. The number of rotatable bonds is 9. The second kappa shape index (κ2) is 9.17. The molecule has 2 aromatic carbocycles. The number of carbonyl (C=O) groups excluding carboxylic acids is 2. The summed E-state index contributed by atoms with van der Waals surface area (Å²) in [5.74, 6) is -0.981. The lowest BCUT2D eigenvalue weighted by atomic mass is 10.1. The van der Waals surface area contributed by atoms with Crippen LogP contribution < -0.4 is 5.32 Å². The van der Waals surface area contributed by atoms with E-state index in [4.69, 9.17) is 5.11 Å².